The molecular formula is C19H18Cl2N4S. The van der Waals surface area contributed by atoms with E-state index in [9.17, 15) is 0 Å². The summed E-state index contributed by atoms with van der Waals surface area (Å²) in [5.41, 5.74) is 4.98. The van der Waals surface area contributed by atoms with Crippen LogP contribution in [0.3, 0.4) is 0 Å². The van der Waals surface area contributed by atoms with Gasteiger partial charge >= 0.3 is 0 Å². The largest absolute Gasteiger partial charge is 0.332 e. The van der Waals surface area contributed by atoms with Crippen molar-refractivity contribution in [3.63, 3.8) is 0 Å². The van der Waals surface area contributed by atoms with Crippen LogP contribution < -0.4 is 10.6 Å². The minimum Gasteiger partial charge on any atom is -0.332 e. The molecule has 1 heterocycles. The number of rotatable bonds is 4. The Morgan fingerprint density at radius 2 is 1.58 bits per heavy atom. The second-order valence-electron chi connectivity index (χ2n) is 6.02. The Balaban J connectivity index is 1.61. The van der Waals surface area contributed by atoms with Crippen molar-refractivity contribution in [2.45, 2.75) is 20.4 Å². The second-order valence-corrected chi connectivity index (χ2v) is 7.30. The zero-order valence-electron chi connectivity index (χ0n) is 14.4. The lowest BCUT2D eigenvalue weighted by Crippen LogP contribution is -2.19. The maximum absolute atomic E-state index is 6.00. The fourth-order valence-corrected chi connectivity index (χ4v) is 3.38. The Morgan fingerprint density at radius 3 is 2.15 bits per heavy atom. The molecule has 2 N–H and O–H groups in total. The molecule has 0 saturated heterocycles. The number of thiocarbonyl (C=S) groups is 1. The third-order valence-electron chi connectivity index (χ3n) is 3.77. The molecule has 0 unspecified atom stereocenters. The molecule has 0 fully saturated rings. The van der Waals surface area contributed by atoms with Crippen molar-refractivity contribution in [2.24, 2.45) is 0 Å². The van der Waals surface area contributed by atoms with Gasteiger partial charge < -0.3 is 10.6 Å². The fraction of sp³-hybridized carbons (Fsp3) is 0.158. The molecule has 0 spiro atoms. The molecule has 3 rings (SSSR count). The highest BCUT2D eigenvalue weighted by Crippen LogP contribution is 2.22. The predicted octanol–water partition coefficient (Wildman–Crippen LogP) is 5.66. The average molecular weight is 405 g/mol. The first-order chi connectivity index (χ1) is 12.4. The van der Waals surface area contributed by atoms with E-state index in [4.69, 9.17) is 35.4 Å². The van der Waals surface area contributed by atoms with Crippen molar-refractivity contribution in [3.8, 4) is 0 Å². The number of benzene rings is 2. The van der Waals surface area contributed by atoms with Gasteiger partial charge in [-0.2, -0.15) is 5.10 Å². The molecule has 0 aliphatic rings. The van der Waals surface area contributed by atoms with Gasteiger partial charge in [0.1, 0.15) is 0 Å². The zero-order valence-corrected chi connectivity index (χ0v) is 16.7. The first-order valence-corrected chi connectivity index (χ1v) is 9.19. The van der Waals surface area contributed by atoms with E-state index in [1.165, 1.54) is 5.56 Å². The van der Waals surface area contributed by atoms with Crippen LogP contribution in [0.5, 0.6) is 0 Å². The van der Waals surface area contributed by atoms with E-state index >= 15 is 0 Å². The minimum atomic E-state index is 0.467. The Bertz CT molecular complexity index is 915. The third kappa shape index (κ3) is 4.97. The topological polar surface area (TPSA) is 41.9 Å². The molecule has 0 aliphatic heterocycles. The number of aromatic nitrogens is 2. The van der Waals surface area contributed by atoms with Gasteiger partial charge in [0, 0.05) is 27.1 Å². The van der Waals surface area contributed by atoms with Crippen molar-refractivity contribution in [3.05, 3.63) is 75.5 Å². The molecule has 134 valence electrons. The Labute approximate surface area is 168 Å². The summed E-state index contributed by atoms with van der Waals surface area (Å²) in [4.78, 5) is 0. The van der Waals surface area contributed by atoms with Crippen molar-refractivity contribution in [2.75, 3.05) is 10.6 Å². The number of nitrogens with one attached hydrogen (secondary N) is 2. The summed E-state index contributed by atoms with van der Waals surface area (Å²) in [6.07, 6.45) is 0. The van der Waals surface area contributed by atoms with Gasteiger partial charge in [-0.3, -0.25) is 4.68 Å². The Kier molecular flexibility index (Phi) is 5.81. The molecule has 0 radical (unpaired) electrons. The summed E-state index contributed by atoms with van der Waals surface area (Å²) in [5, 5.41) is 12.3. The number of hydrogen-bond acceptors (Lipinski definition) is 2. The molecule has 0 atom stereocenters. The van der Waals surface area contributed by atoms with E-state index in [0.29, 0.717) is 15.2 Å². The highest BCUT2D eigenvalue weighted by atomic mass is 35.5. The molecule has 1 aromatic heterocycles. The average Bonchev–Trinajstić information content (AvgIpc) is 2.85. The van der Waals surface area contributed by atoms with E-state index in [1.54, 1.807) is 18.2 Å². The third-order valence-corrected chi connectivity index (χ3v) is 4.41. The van der Waals surface area contributed by atoms with Crippen LogP contribution in [0.15, 0.2) is 48.5 Å². The number of nitrogens with zero attached hydrogens (tertiary/aromatic N) is 2. The Hall–Kier alpha value is -2.08. The minimum absolute atomic E-state index is 0.467. The van der Waals surface area contributed by atoms with E-state index in [-0.39, 0.29) is 0 Å². The van der Waals surface area contributed by atoms with Gasteiger partial charge in [0.15, 0.2) is 5.11 Å². The van der Waals surface area contributed by atoms with Gasteiger partial charge in [0.05, 0.1) is 12.2 Å². The van der Waals surface area contributed by atoms with Crippen LogP contribution in [0.1, 0.15) is 17.0 Å². The highest BCUT2D eigenvalue weighted by molar-refractivity contribution is 7.80. The van der Waals surface area contributed by atoms with Crippen LogP contribution in [0.25, 0.3) is 0 Å². The van der Waals surface area contributed by atoms with Gasteiger partial charge in [0.2, 0.25) is 0 Å². The number of anilines is 2. The van der Waals surface area contributed by atoms with E-state index in [1.807, 2.05) is 23.7 Å². The smallest absolute Gasteiger partial charge is 0.175 e. The molecular weight excluding hydrogens is 387 g/mol. The monoisotopic (exact) mass is 404 g/mol. The van der Waals surface area contributed by atoms with Crippen LogP contribution in [0, 0.1) is 13.8 Å². The molecule has 0 amide bonds. The van der Waals surface area contributed by atoms with Gasteiger partial charge in [-0.1, -0.05) is 35.3 Å². The standard InChI is InChI=1S/C19H18Cl2N4S/c1-12-7-13(2)25(24-12)11-14-3-5-17(6-4-14)22-19(26)23-18-9-15(20)8-16(21)10-18/h3-10H,11H2,1-2H3,(H2,22,23,26). The van der Waals surface area contributed by atoms with Crippen molar-refractivity contribution in [1.82, 2.24) is 9.78 Å². The van der Waals surface area contributed by atoms with Gasteiger partial charge in [-0.15, -0.1) is 0 Å². The lowest BCUT2D eigenvalue weighted by molar-refractivity contribution is 0.659. The Morgan fingerprint density at radius 1 is 0.962 bits per heavy atom. The lowest BCUT2D eigenvalue weighted by atomic mass is 10.2. The van der Waals surface area contributed by atoms with Crippen molar-refractivity contribution in [1.29, 1.82) is 0 Å². The molecule has 4 nitrogen and oxygen atoms in total. The van der Waals surface area contributed by atoms with E-state index < -0.39 is 0 Å². The van der Waals surface area contributed by atoms with Crippen LogP contribution in [-0.4, -0.2) is 14.9 Å². The molecule has 2 aromatic carbocycles. The van der Waals surface area contributed by atoms with Crippen LogP contribution in [0.2, 0.25) is 10.0 Å². The first kappa shape index (κ1) is 18.7. The predicted molar refractivity (Wildman–Crippen MR) is 114 cm³/mol. The van der Waals surface area contributed by atoms with Crippen LogP contribution in [0.4, 0.5) is 11.4 Å². The molecule has 0 saturated carbocycles. The lowest BCUT2D eigenvalue weighted by Gasteiger charge is -2.12. The summed E-state index contributed by atoms with van der Waals surface area (Å²) < 4.78 is 1.99. The van der Waals surface area contributed by atoms with E-state index in [2.05, 4.69) is 40.9 Å². The van der Waals surface area contributed by atoms with E-state index in [0.717, 1.165) is 29.3 Å². The highest BCUT2D eigenvalue weighted by Gasteiger charge is 2.04. The number of halogens is 2. The van der Waals surface area contributed by atoms with Crippen LogP contribution in [-0.2, 0) is 6.54 Å². The second kappa shape index (κ2) is 8.08. The SMILES string of the molecule is Cc1cc(C)n(Cc2ccc(NC(=S)Nc3cc(Cl)cc(Cl)c3)cc2)n1. The van der Waals surface area contributed by atoms with Gasteiger partial charge in [0.25, 0.3) is 0 Å². The first-order valence-electron chi connectivity index (χ1n) is 8.03. The summed E-state index contributed by atoms with van der Waals surface area (Å²) in [6, 6.07) is 15.3. The summed E-state index contributed by atoms with van der Waals surface area (Å²) in [5.74, 6) is 0. The summed E-state index contributed by atoms with van der Waals surface area (Å²) in [7, 11) is 0. The van der Waals surface area contributed by atoms with Crippen LogP contribution >= 0.6 is 35.4 Å². The van der Waals surface area contributed by atoms with Crippen molar-refractivity contribution >= 4 is 51.9 Å². The number of aryl methyl sites for hydroxylation is 2. The molecule has 0 bridgehead atoms. The zero-order chi connectivity index (χ0) is 18.7. The molecule has 3 aromatic rings. The number of hydrogen-bond donors (Lipinski definition) is 2. The summed E-state index contributed by atoms with van der Waals surface area (Å²) in [6.45, 7) is 4.79. The molecule has 0 aliphatic carbocycles. The normalized spacial score (nSPS) is 10.6. The molecule has 7 heteroatoms. The van der Waals surface area contributed by atoms with Gasteiger partial charge in [-0.05, 0) is 68.0 Å². The quantitative estimate of drug-likeness (QED) is 0.550. The summed E-state index contributed by atoms with van der Waals surface area (Å²) >= 11 is 17.3. The maximum atomic E-state index is 6.00. The molecule has 26 heavy (non-hydrogen) atoms. The fourth-order valence-electron chi connectivity index (χ4n) is 2.62. The maximum Gasteiger partial charge on any atom is 0.175 e. The van der Waals surface area contributed by atoms with Gasteiger partial charge in [-0.25, -0.2) is 0 Å². The van der Waals surface area contributed by atoms with Crippen molar-refractivity contribution < 1.29 is 0 Å².